The number of allylic oxidation sites excluding steroid dienone is 4. The molecule has 1 aromatic carbocycles. The van der Waals surface area contributed by atoms with Gasteiger partial charge in [-0.05, 0) is 37.0 Å². The van der Waals surface area contributed by atoms with Crippen LogP contribution >= 0.6 is 0 Å². The fourth-order valence-electron chi connectivity index (χ4n) is 2.04. The number of carbonyl (C=O) groups is 1. The molecular formula is C15H15FO2. The minimum atomic E-state index is -1.01. The van der Waals surface area contributed by atoms with Crippen molar-refractivity contribution in [2.45, 2.75) is 25.7 Å². The molecule has 1 aliphatic rings. The van der Waals surface area contributed by atoms with Crippen molar-refractivity contribution in [3.8, 4) is 0 Å². The summed E-state index contributed by atoms with van der Waals surface area (Å²) in [5.74, 6) is -2.27. The molecule has 2 rings (SSSR count). The van der Waals surface area contributed by atoms with Crippen LogP contribution in [-0.2, 0) is 11.2 Å². The van der Waals surface area contributed by atoms with Crippen LogP contribution in [-0.4, -0.2) is 11.1 Å². The highest BCUT2D eigenvalue weighted by atomic mass is 19.1. The number of hydrogen-bond acceptors (Lipinski definition) is 1. The fourth-order valence-corrected chi connectivity index (χ4v) is 2.04. The van der Waals surface area contributed by atoms with E-state index in [-0.39, 0.29) is 5.56 Å². The Hall–Kier alpha value is -1.90. The van der Waals surface area contributed by atoms with E-state index in [2.05, 4.69) is 12.2 Å². The Morgan fingerprint density at radius 2 is 2.28 bits per heavy atom. The molecule has 1 unspecified atom stereocenters. The molecule has 0 amide bonds. The van der Waals surface area contributed by atoms with Crippen LogP contribution in [0.1, 0.15) is 30.4 Å². The Labute approximate surface area is 105 Å². The molecule has 0 bridgehead atoms. The fraction of sp³-hybridized carbons (Fsp3) is 0.267. The van der Waals surface area contributed by atoms with E-state index < -0.39 is 17.7 Å². The van der Waals surface area contributed by atoms with E-state index >= 15 is 0 Å². The van der Waals surface area contributed by atoms with E-state index in [1.807, 2.05) is 6.08 Å². The number of benzene rings is 1. The van der Waals surface area contributed by atoms with Crippen molar-refractivity contribution in [3.63, 3.8) is 0 Å². The average molecular weight is 246 g/mol. The second-order valence-electron chi connectivity index (χ2n) is 4.51. The van der Waals surface area contributed by atoms with Crippen molar-refractivity contribution in [1.82, 2.24) is 0 Å². The van der Waals surface area contributed by atoms with Gasteiger partial charge in [0, 0.05) is 5.56 Å². The molecule has 0 spiro atoms. The maximum Gasteiger partial charge on any atom is 0.310 e. The molecule has 0 aliphatic heterocycles. The molecule has 0 saturated carbocycles. The topological polar surface area (TPSA) is 37.3 Å². The maximum atomic E-state index is 13.8. The van der Waals surface area contributed by atoms with Crippen LogP contribution in [0, 0.1) is 5.82 Å². The van der Waals surface area contributed by atoms with Crippen LogP contribution < -0.4 is 0 Å². The summed E-state index contributed by atoms with van der Waals surface area (Å²) in [6.45, 7) is 1.49. The number of rotatable bonds is 4. The van der Waals surface area contributed by atoms with Crippen LogP contribution in [0.25, 0.3) is 0 Å². The third-order valence-corrected chi connectivity index (χ3v) is 3.16. The van der Waals surface area contributed by atoms with Gasteiger partial charge < -0.3 is 5.11 Å². The molecule has 94 valence electrons. The second kappa shape index (κ2) is 5.17. The zero-order valence-electron chi connectivity index (χ0n) is 10.2. The quantitative estimate of drug-likeness (QED) is 0.883. The third kappa shape index (κ3) is 2.67. The minimum absolute atomic E-state index is 0.238. The lowest BCUT2D eigenvalue weighted by Crippen LogP contribution is -2.09. The lowest BCUT2D eigenvalue weighted by atomic mass is 9.97. The van der Waals surface area contributed by atoms with Crippen molar-refractivity contribution in [3.05, 3.63) is 58.9 Å². The molecule has 2 nitrogen and oxygen atoms in total. The van der Waals surface area contributed by atoms with Crippen molar-refractivity contribution < 1.29 is 14.3 Å². The van der Waals surface area contributed by atoms with E-state index in [9.17, 15) is 9.18 Å². The smallest absolute Gasteiger partial charge is 0.310 e. The second-order valence-corrected chi connectivity index (χ2v) is 4.51. The van der Waals surface area contributed by atoms with Gasteiger partial charge in [0.2, 0.25) is 0 Å². The zero-order valence-corrected chi connectivity index (χ0v) is 10.2. The highest BCUT2D eigenvalue weighted by Crippen LogP contribution is 2.22. The predicted molar refractivity (Wildman–Crippen MR) is 68.0 cm³/mol. The Balaban J connectivity index is 2.19. The number of halogens is 1. The lowest BCUT2D eigenvalue weighted by molar-refractivity contribution is -0.138. The van der Waals surface area contributed by atoms with Gasteiger partial charge in [-0.2, -0.15) is 0 Å². The minimum Gasteiger partial charge on any atom is -0.481 e. The van der Waals surface area contributed by atoms with E-state index in [1.165, 1.54) is 18.6 Å². The first kappa shape index (κ1) is 12.6. The summed E-state index contributed by atoms with van der Waals surface area (Å²) < 4.78 is 13.8. The van der Waals surface area contributed by atoms with Gasteiger partial charge in [-0.25, -0.2) is 4.39 Å². The molecule has 0 aromatic heterocycles. The molecule has 1 aliphatic carbocycles. The number of aliphatic carboxylic acids is 1. The molecule has 3 heteroatoms. The van der Waals surface area contributed by atoms with Gasteiger partial charge in [0.25, 0.3) is 0 Å². The van der Waals surface area contributed by atoms with Crippen LogP contribution in [0.2, 0.25) is 0 Å². The van der Waals surface area contributed by atoms with Crippen LogP contribution in [0.3, 0.4) is 0 Å². The molecular weight excluding hydrogens is 231 g/mol. The van der Waals surface area contributed by atoms with Gasteiger partial charge in [-0.1, -0.05) is 30.4 Å². The van der Waals surface area contributed by atoms with Crippen molar-refractivity contribution >= 4 is 5.97 Å². The third-order valence-electron chi connectivity index (χ3n) is 3.16. The molecule has 1 N–H and O–H groups in total. The first-order chi connectivity index (χ1) is 8.58. The molecule has 0 radical (unpaired) electrons. The molecule has 0 fully saturated rings. The Bertz CT molecular complexity index is 529. The largest absolute Gasteiger partial charge is 0.481 e. The molecule has 1 atom stereocenters. The van der Waals surface area contributed by atoms with E-state index in [0.29, 0.717) is 6.42 Å². The Kier molecular flexibility index (Phi) is 3.60. The summed E-state index contributed by atoms with van der Waals surface area (Å²) in [5, 5.41) is 8.87. The highest BCUT2D eigenvalue weighted by Gasteiger charge is 2.18. The number of hydrogen-bond donors (Lipinski definition) is 1. The molecule has 0 heterocycles. The normalized spacial score (nSPS) is 15.6. The van der Waals surface area contributed by atoms with Gasteiger partial charge >= 0.3 is 5.97 Å². The summed E-state index contributed by atoms with van der Waals surface area (Å²) in [4.78, 5) is 10.8. The summed E-state index contributed by atoms with van der Waals surface area (Å²) in [6, 6.07) is 4.80. The Morgan fingerprint density at radius 3 is 2.83 bits per heavy atom. The molecule has 1 aromatic rings. The van der Waals surface area contributed by atoms with E-state index in [1.54, 1.807) is 12.1 Å². The van der Waals surface area contributed by atoms with Gasteiger partial charge in [0.1, 0.15) is 5.82 Å². The maximum absolute atomic E-state index is 13.8. The van der Waals surface area contributed by atoms with E-state index in [4.69, 9.17) is 5.11 Å². The Morgan fingerprint density at radius 1 is 1.50 bits per heavy atom. The van der Waals surface area contributed by atoms with Crippen LogP contribution in [0.15, 0.2) is 42.0 Å². The summed E-state index contributed by atoms with van der Waals surface area (Å²) in [5.41, 5.74) is 2.28. The van der Waals surface area contributed by atoms with Gasteiger partial charge in [-0.15, -0.1) is 0 Å². The summed E-state index contributed by atoms with van der Waals surface area (Å²) in [7, 11) is 0. The molecule has 18 heavy (non-hydrogen) atoms. The van der Waals surface area contributed by atoms with Gasteiger partial charge in [0.05, 0.1) is 5.92 Å². The van der Waals surface area contributed by atoms with Gasteiger partial charge in [-0.3, -0.25) is 4.79 Å². The van der Waals surface area contributed by atoms with Gasteiger partial charge in [0.15, 0.2) is 0 Å². The van der Waals surface area contributed by atoms with Crippen molar-refractivity contribution in [2.75, 3.05) is 0 Å². The standard InChI is InChI=1S/C15H15FO2/c1-10(15(17)18)13-7-6-12(9-14(13)16)8-11-4-2-3-5-11/h2,4-7,9-10H,3,8H2,1H3,(H,17,18). The van der Waals surface area contributed by atoms with Crippen LogP contribution in [0.5, 0.6) is 0 Å². The van der Waals surface area contributed by atoms with E-state index in [0.717, 1.165) is 12.0 Å². The predicted octanol–water partition coefficient (Wildman–Crippen LogP) is 3.44. The molecule has 0 saturated heterocycles. The number of carboxylic acids is 1. The zero-order chi connectivity index (χ0) is 13.1. The van der Waals surface area contributed by atoms with Crippen molar-refractivity contribution in [2.24, 2.45) is 0 Å². The number of carboxylic acid groups (broad SMARTS) is 1. The highest BCUT2D eigenvalue weighted by molar-refractivity contribution is 5.75. The first-order valence-corrected chi connectivity index (χ1v) is 5.94. The monoisotopic (exact) mass is 246 g/mol. The van der Waals surface area contributed by atoms with Crippen LogP contribution in [0.4, 0.5) is 4.39 Å². The lowest BCUT2D eigenvalue weighted by Gasteiger charge is -2.09. The first-order valence-electron chi connectivity index (χ1n) is 5.94. The van der Waals surface area contributed by atoms with Crippen molar-refractivity contribution in [1.29, 1.82) is 0 Å². The average Bonchev–Trinajstić information content (AvgIpc) is 2.81. The summed E-state index contributed by atoms with van der Waals surface area (Å²) >= 11 is 0. The summed E-state index contributed by atoms with van der Waals surface area (Å²) in [6.07, 6.45) is 7.82. The SMILES string of the molecule is CC(C(=O)O)c1ccc(CC2=CCC=C2)cc1F.